The van der Waals surface area contributed by atoms with E-state index in [1.807, 2.05) is 0 Å². The zero-order valence-electron chi connectivity index (χ0n) is 7.01. The molecule has 4 heteroatoms. The summed E-state index contributed by atoms with van der Waals surface area (Å²) < 4.78 is 17.6. The van der Waals surface area contributed by atoms with E-state index in [4.69, 9.17) is 16.3 Å². The van der Waals surface area contributed by atoms with Crippen molar-refractivity contribution in [1.29, 1.82) is 0 Å². The number of benzene rings is 1. The number of hydrogen-bond acceptors (Lipinski definition) is 2. The minimum absolute atomic E-state index is 0.200. The van der Waals surface area contributed by atoms with Crippen LogP contribution in [-0.2, 0) is 4.79 Å². The minimum atomic E-state index is -0.580. The Labute approximate surface area is 80.3 Å². The standard InChI is InChI=1S/C9H8ClFO2/c1-6-4-7(11)2-3-8(6)13-5-9(10)12/h2-4H,5H2,1H3. The van der Waals surface area contributed by atoms with E-state index < -0.39 is 5.24 Å². The summed E-state index contributed by atoms with van der Waals surface area (Å²) in [5, 5.41) is -0.580. The lowest BCUT2D eigenvalue weighted by molar-refractivity contribution is -0.113. The van der Waals surface area contributed by atoms with Crippen molar-refractivity contribution in [2.75, 3.05) is 6.61 Å². The lowest BCUT2D eigenvalue weighted by atomic mass is 10.2. The molecule has 0 aliphatic carbocycles. The van der Waals surface area contributed by atoms with Crippen molar-refractivity contribution in [2.24, 2.45) is 0 Å². The summed E-state index contributed by atoms with van der Waals surface area (Å²) in [7, 11) is 0. The first kappa shape index (κ1) is 9.99. The van der Waals surface area contributed by atoms with Gasteiger partial charge in [0.15, 0.2) is 6.61 Å². The fourth-order valence-electron chi connectivity index (χ4n) is 0.909. The molecule has 0 atom stereocenters. The van der Waals surface area contributed by atoms with E-state index in [-0.39, 0.29) is 12.4 Å². The molecule has 0 aliphatic heterocycles. The van der Waals surface area contributed by atoms with Gasteiger partial charge >= 0.3 is 0 Å². The topological polar surface area (TPSA) is 26.3 Å². The van der Waals surface area contributed by atoms with Crippen molar-refractivity contribution in [3.05, 3.63) is 29.6 Å². The van der Waals surface area contributed by atoms with Crippen LogP contribution < -0.4 is 4.74 Å². The first-order valence-corrected chi connectivity index (χ1v) is 4.04. The van der Waals surface area contributed by atoms with Gasteiger partial charge in [0.1, 0.15) is 11.6 Å². The van der Waals surface area contributed by atoms with Crippen molar-refractivity contribution >= 4 is 16.8 Å². The molecule has 0 saturated heterocycles. The van der Waals surface area contributed by atoms with Gasteiger partial charge in [-0.25, -0.2) is 4.39 Å². The van der Waals surface area contributed by atoms with E-state index in [1.165, 1.54) is 18.2 Å². The van der Waals surface area contributed by atoms with Gasteiger partial charge in [-0.3, -0.25) is 4.79 Å². The van der Waals surface area contributed by atoms with Gasteiger partial charge in [-0.1, -0.05) is 0 Å². The third-order valence-electron chi connectivity index (χ3n) is 1.48. The summed E-state index contributed by atoms with van der Waals surface area (Å²) in [6.07, 6.45) is 0. The lowest BCUT2D eigenvalue weighted by Crippen LogP contribution is -2.05. The molecule has 0 spiro atoms. The SMILES string of the molecule is Cc1cc(F)ccc1OCC(=O)Cl. The monoisotopic (exact) mass is 202 g/mol. The number of aryl methyl sites for hydroxylation is 1. The molecule has 0 amide bonds. The molecule has 0 saturated carbocycles. The second kappa shape index (κ2) is 4.23. The maximum absolute atomic E-state index is 12.6. The Morgan fingerprint density at radius 2 is 2.31 bits per heavy atom. The van der Waals surface area contributed by atoms with Gasteiger partial charge in [-0.05, 0) is 42.3 Å². The van der Waals surface area contributed by atoms with Gasteiger partial charge in [0, 0.05) is 0 Å². The Kier molecular flexibility index (Phi) is 3.25. The highest BCUT2D eigenvalue weighted by Crippen LogP contribution is 2.18. The summed E-state index contributed by atoms with van der Waals surface area (Å²) in [5.74, 6) is 0.137. The van der Waals surface area contributed by atoms with Crippen LogP contribution in [0.5, 0.6) is 5.75 Å². The number of carbonyl (C=O) groups is 1. The second-order valence-corrected chi connectivity index (χ2v) is 2.98. The number of rotatable bonds is 3. The van der Waals surface area contributed by atoms with Crippen LogP contribution in [0, 0.1) is 12.7 Å². The van der Waals surface area contributed by atoms with E-state index in [2.05, 4.69) is 0 Å². The summed E-state index contributed by atoms with van der Waals surface area (Å²) in [6.45, 7) is 1.49. The predicted octanol–water partition coefficient (Wildman–Crippen LogP) is 2.28. The average molecular weight is 203 g/mol. The maximum atomic E-state index is 12.6. The zero-order valence-corrected chi connectivity index (χ0v) is 7.77. The van der Waals surface area contributed by atoms with Crippen molar-refractivity contribution in [3.63, 3.8) is 0 Å². The third kappa shape index (κ3) is 3.03. The van der Waals surface area contributed by atoms with E-state index >= 15 is 0 Å². The summed E-state index contributed by atoms with van der Waals surface area (Å²) >= 11 is 5.07. The van der Waals surface area contributed by atoms with Crippen molar-refractivity contribution in [3.8, 4) is 5.75 Å². The van der Waals surface area contributed by atoms with Crippen molar-refractivity contribution in [1.82, 2.24) is 0 Å². The summed E-state index contributed by atoms with van der Waals surface area (Å²) in [6, 6.07) is 4.06. The Morgan fingerprint density at radius 3 is 2.85 bits per heavy atom. The van der Waals surface area contributed by atoms with Crippen LogP contribution in [0.3, 0.4) is 0 Å². The number of ether oxygens (including phenoxy) is 1. The Morgan fingerprint density at radius 1 is 1.62 bits per heavy atom. The molecule has 13 heavy (non-hydrogen) atoms. The van der Waals surface area contributed by atoms with E-state index in [0.717, 1.165) is 0 Å². The predicted molar refractivity (Wildman–Crippen MR) is 47.5 cm³/mol. The molecular weight excluding hydrogens is 195 g/mol. The molecule has 0 radical (unpaired) electrons. The smallest absolute Gasteiger partial charge is 0.259 e. The largest absolute Gasteiger partial charge is 0.484 e. The van der Waals surface area contributed by atoms with Gasteiger partial charge in [0.2, 0.25) is 0 Å². The normalized spacial score (nSPS) is 9.77. The van der Waals surface area contributed by atoms with Gasteiger partial charge in [0.05, 0.1) is 0 Å². The Bertz CT molecular complexity index is 325. The summed E-state index contributed by atoms with van der Waals surface area (Å²) in [4.78, 5) is 10.4. The minimum Gasteiger partial charge on any atom is -0.484 e. The fraction of sp³-hybridized carbons (Fsp3) is 0.222. The molecular formula is C9H8ClFO2. The molecule has 0 N–H and O–H groups in total. The molecule has 0 unspecified atom stereocenters. The number of carbonyl (C=O) groups excluding carboxylic acids is 1. The Hall–Kier alpha value is -1.09. The molecule has 0 aliphatic rings. The second-order valence-electron chi connectivity index (χ2n) is 2.55. The van der Waals surface area contributed by atoms with Crippen molar-refractivity contribution < 1.29 is 13.9 Å². The molecule has 1 aromatic rings. The summed E-state index contributed by atoms with van der Waals surface area (Å²) in [5.41, 5.74) is 0.637. The molecule has 70 valence electrons. The van der Waals surface area contributed by atoms with Gasteiger partial charge in [-0.15, -0.1) is 0 Å². The van der Waals surface area contributed by atoms with E-state index in [0.29, 0.717) is 11.3 Å². The molecule has 2 nitrogen and oxygen atoms in total. The third-order valence-corrected chi connectivity index (χ3v) is 1.59. The zero-order chi connectivity index (χ0) is 9.84. The number of hydrogen-bond donors (Lipinski definition) is 0. The molecule has 1 rings (SSSR count). The van der Waals surface area contributed by atoms with Crippen LogP contribution in [0.15, 0.2) is 18.2 Å². The average Bonchev–Trinajstić information content (AvgIpc) is 2.02. The molecule has 0 heterocycles. The van der Waals surface area contributed by atoms with Crippen molar-refractivity contribution in [2.45, 2.75) is 6.92 Å². The van der Waals surface area contributed by atoms with Crippen LogP contribution in [-0.4, -0.2) is 11.8 Å². The van der Waals surface area contributed by atoms with Crippen LogP contribution in [0.25, 0.3) is 0 Å². The van der Waals surface area contributed by atoms with Crippen LogP contribution >= 0.6 is 11.6 Å². The van der Waals surface area contributed by atoms with E-state index in [1.54, 1.807) is 6.92 Å². The van der Waals surface area contributed by atoms with Crippen LogP contribution in [0.4, 0.5) is 4.39 Å². The quantitative estimate of drug-likeness (QED) is 0.703. The van der Waals surface area contributed by atoms with Gasteiger partial charge < -0.3 is 4.74 Å². The van der Waals surface area contributed by atoms with Gasteiger partial charge in [0.25, 0.3) is 5.24 Å². The van der Waals surface area contributed by atoms with E-state index in [9.17, 15) is 9.18 Å². The molecule has 0 bridgehead atoms. The first-order chi connectivity index (χ1) is 6.09. The molecule has 0 fully saturated rings. The van der Waals surface area contributed by atoms with Gasteiger partial charge in [-0.2, -0.15) is 0 Å². The highest BCUT2D eigenvalue weighted by molar-refractivity contribution is 6.63. The lowest BCUT2D eigenvalue weighted by Gasteiger charge is -2.05. The number of halogens is 2. The van der Waals surface area contributed by atoms with Crippen LogP contribution in [0.2, 0.25) is 0 Å². The maximum Gasteiger partial charge on any atom is 0.259 e. The molecule has 0 aromatic heterocycles. The molecule has 1 aromatic carbocycles. The highest BCUT2D eigenvalue weighted by atomic mass is 35.5. The van der Waals surface area contributed by atoms with Crippen LogP contribution in [0.1, 0.15) is 5.56 Å². The Balaban J connectivity index is 2.72. The fourth-order valence-corrected chi connectivity index (χ4v) is 0.964. The highest BCUT2D eigenvalue weighted by Gasteiger charge is 2.02. The first-order valence-electron chi connectivity index (χ1n) is 3.67.